The second kappa shape index (κ2) is 10.4. The van der Waals surface area contributed by atoms with E-state index >= 15 is 0 Å². The number of nitrogens with zero attached hydrogens (tertiary/aromatic N) is 3. The fraction of sp³-hybridized carbons (Fsp3) is 0.0370. The van der Waals surface area contributed by atoms with Crippen molar-refractivity contribution in [2.75, 3.05) is 5.32 Å². The van der Waals surface area contributed by atoms with E-state index in [1.54, 1.807) is 54.7 Å². The number of aryl methyl sites for hydroxylation is 1. The van der Waals surface area contributed by atoms with E-state index in [1.165, 1.54) is 11.8 Å². The van der Waals surface area contributed by atoms with E-state index in [4.69, 9.17) is 4.74 Å². The van der Waals surface area contributed by atoms with Crippen LogP contribution in [0, 0.1) is 29.6 Å². The van der Waals surface area contributed by atoms with Crippen LogP contribution in [-0.2, 0) is 0 Å². The summed E-state index contributed by atoms with van der Waals surface area (Å²) in [7, 11) is 0. The summed E-state index contributed by atoms with van der Waals surface area (Å²) < 4.78 is 5.76. The van der Waals surface area contributed by atoms with Crippen LogP contribution in [0.5, 0.6) is 11.6 Å². The van der Waals surface area contributed by atoms with E-state index in [-0.39, 0.29) is 11.8 Å². The van der Waals surface area contributed by atoms with Gasteiger partial charge in [0.05, 0.1) is 11.1 Å². The van der Waals surface area contributed by atoms with Gasteiger partial charge in [0.2, 0.25) is 5.88 Å². The lowest BCUT2D eigenvalue weighted by atomic mass is 10.1. The fourth-order valence-corrected chi connectivity index (χ4v) is 4.23. The highest BCUT2D eigenvalue weighted by Gasteiger charge is 2.15. The predicted molar refractivity (Wildman–Crippen MR) is 130 cm³/mol. The van der Waals surface area contributed by atoms with Crippen molar-refractivity contribution >= 4 is 23.4 Å². The van der Waals surface area contributed by atoms with Gasteiger partial charge in [0, 0.05) is 21.7 Å². The highest BCUT2D eigenvalue weighted by atomic mass is 32.2. The Morgan fingerprint density at radius 2 is 1.62 bits per heavy atom. The molecule has 0 saturated heterocycles. The van der Waals surface area contributed by atoms with Crippen LogP contribution in [0.4, 0.5) is 5.69 Å². The molecule has 1 aromatic heterocycles. The van der Waals surface area contributed by atoms with Gasteiger partial charge in [-0.1, -0.05) is 36.0 Å². The zero-order chi connectivity index (χ0) is 23.9. The van der Waals surface area contributed by atoms with Crippen molar-refractivity contribution in [1.29, 1.82) is 10.5 Å². The summed E-state index contributed by atoms with van der Waals surface area (Å²) in [6.45, 7) is 1.86. The first-order valence-electron chi connectivity index (χ1n) is 10.3. The second-order valence-electron chi connectivity index (χ2n) is 7.21. The Morgan fingerprint density at radius 3 is 2.38 bits per heavy atom. The number of benzene rings is 3. The van der Waals surface area contributed by atoms with Crippen LogP contribution in [-0.4, -0.2) is 10.9 Å². The first kappa shape index (κ1) is 22.6. The third-order valence-electron chi connectivity index (χ3n) is 4.91. The normalized spacial score (nSPS) is 10.1. The molecule has 0 bridgehead atoms. The number of carbonyl (C=O) groups excluding carboxylic acids is 1. The number of nitrogens with one attached hydrogen (secondary N) is 1. The van der Waals surface area contributed by atoms with Crippen molar-refractivity contribution < 1.29 is 9.53 Å². The van der Waals surface area contributed by atoms with E-state index in [9.17, 15) is 15.3 Å². The first-order valence-corrected chi connectivity index (χ1v) is 11.1. The van der Waals surface area contributed by atoms with E-state index in [0.29, 0.717) is 28.1 Å². The molecule has 164 valence electrons. The van der Waals surface area contributed by atoms with Crippen molar-refractivity contribution in [3.05, 3.63) is 107 Å². The lowest BCUT2D eigenvalue weighted by Gasteiger charge is -2.13. The average Bonchev–Trinajstić information content (AvgIpc) is 2.86. The molecule has 0 aliphatic carbocycles. The van der Waals surface area contributed by atoms with Gasteiger partial charge < -0.3 is 10.1 Å². The smallest absolute Gasteiger partial charge is 0.256 e. The molecule has 0 aliphatic rings. The maximum atomic E-state index is 13.1. The number of carbonyl (C=O) groups is 1. The molecule has 6 nitrogen and oxygen atoms in total. The zero-order valence-corrected chi connectivity index (χ0v) is 19.0. The van der Waals surface area contributed by atoms with Gasteiger partial charge in [-0.3, -0.25) is 4.79 Å². The largest absolute Gasteiger partial charge is 0.438 e. The SMILES string of the molecule is Cc1cc(Oc2ncccc2C#N)ccc1NC(=O)c1ccccc1Sc1ccccc1C#N. The summed E-state index contributed by atoms with van der Waals surface area (Å²) in [5, 5.41) is 21.5. The minimum absolute atomic E-state index is 0.227. The zero-order valence-electron chi connectivity index (χ0n) is 18.1. The molecule has 0 radical (unpaired) electrons. The number of aromatic nitrogens is 1. The summed E-state index contributed by atoms with van der Waals surface area (Å²) in [5.41, 5.74) is 2.83. The van der Waals surface area contributed by atoms with Crippen molar-refractivity contribution in [1.82, 2.24) is 4.98 Å². The predicted octanol–water partition coefficient (Wildman–Crippen LogP) is 6.33. The molecule has 0 fully saturated rings. The third-order valence-corrected chi connectivity index (χ3v) is 6.06. The van der Waals surface area contributed by atoms with Crippen molar-refractivity contribution in [3.63, 3.8) is 0 Å². The van der Waals surface area contributed by atoms with Gasteiger partial charge in [-0.2, -0.15) is 10.5 Å². The molecule has 0 aliphatic heterocycles. The Hall–Kier alpha value is -4.59. The van der Waals surface area contributed by atoms with Crippen LogP contribution in [0.2, 0.25) is 0 Å². The van der Waals surface area contributed by atoms with Gasteiger partial charge in [-0.25, -0.2) is 4.98 Å². The molecular weight excluding hydrogens is 444 g/mol. The summed E-state index contributed by atoms with van der Waals surface area (Å²) in [5.74, 6) is 0.477. The number of rotatable bonds is 6. The maximum absolute atomic E-state index is 13.1. The van der Waals surface area contributed by atoms with Gasteiger partial charge in [0.1, 0.15) is 23.5 Å². The number of hydrogen-bond acceptors (Lipinski definition) is 6. The summed E-state index contributed by atoms with van der Waals surface area (Å²) in [6, 6.07) is 27.3. The summed E-state index contributed by atoms with van der Waals surface area (Å²) >= 11 is 1.38. The first-order chi connectivity index (χ1) is 16.6. The molecule has 0 spiro atoms. The molecule has 34 heavy (non-hydrogen) atoms. The monoisotopic (exact) mass is 462 g/mol. The van der Waals surface area contributed by atoms with Crippen LogP contribution >= 0.6 is 11.8 Å². The molecule has 1 amide bonds. The van der Waals surface area contributed by atoms with Crippen molar-refractivity contribution in [2.24, 2.45) is 0 Å². The number of hydrogen-bond donors (Lipinski definition) is 1. The maximum Gasteiger partial charge on any atom is 0.256 e. The minimum Gasteiger partial charge on any atom is -0.438 e. The Bertz CT molecular complexity index is 1450. The molecular formula is C27H18N4O2S. The number of nitriles is 2. The number of amides is 1. The molecule has 4 aromatic rings. The molecule has 1 heterocycles. The molecule has 7 heteroatoms. The van der Waals surface area contributed by atoms with Crippen molar-refractivity contribution in [3.8, 4) is 23.8 Å². The molecule has 1 N–H and O–H groups in total. The lowest BCUT2D eigenvalue weighted by molar-refractivity contribution is 0.102. The summed E-state index contributed by atoms with van der Waals surface area (Å²) in [6.07, 6.45) is 1.56. The van der Waals surface area contributed by atoms with E-state index in [0.717, 1.165) is 15.4 Å². The highest BCUT2D eigenvalue weighted by Crippen LogP contribution is 2.33. The minimum atomic E-state index is -0.259. The topological polar surface area (TPSA) is 98.8 Å². The standard InChI is InChI=1S/C27H18N4O2S/c1-18-15-21(33-27-20(17-29)8-6-14-30-27)12-13-23(18)31-26(32)22-9-3-5-11-25(22)34-24-10-4-2-7-19(24)16-28/h2-15H,1H3,(H,31,32). The third kappa shape index (κ3) is 5.07. The van der Waals surface area contributed by atoms with Crippen LogP contribution in [0.15, 0.2) is 94.9 Å². The Kier molecular flexibility index (Phi) is 6.88. The van der Waals surface area contributed by atoms with Crippen LogP contribution in [0.25, 0.3) is 0 Å². The molecule has 0 saturated carbocycles. The van der Waals surface area contributed by atoms with Gasteiger partial charge in [0.15, 0.2) is 0 Å². The van der Waals surface area contributed by atoms with Crippen LogP contribution in [0.3, 0.4) is 0 Å². The average molecular weight is 463 g/mol. The van der Waals surface area contributed by atoms with E-state index < -0.39 is 0 Å². The Labute approximate surface area is 201 Å². The molecule has 0 atom stereocenters. The quantitative estimate of drug-likeness (QED) is 0.359. The lowest BCUT2D eigenvalue weighted by Crippen LogP contribution is -2.13. The van der Waals surface area contributed by atoms with Gasteiger partial charge in [-0.15, -0.1) is 0 Å². The van der Waals surface area contributed by atoms with E-state index in [1.807, 2.05) is 37.3 Å². The number of pyridine rings is 1. The van der Waals surface area contributed by atoms with Gasteiger partial charge in [0.25, 0.3) is 5.91 Å². The Morgan fingerprint density at radius 1 is 0.912 bits per heavy atom. The highest BCUT2D eigenvalue weighted by molar-refractivity contribution is 7.99. The van der Waals surface area contributed by atoms with E-state index in [2.05, 4.69) is 22.4 Å². The number of anilines is 1. The summed E-state index contributed by atoms with van der Waals surface area (Å²) in [4.78, 5) is 18.8. The Balaban J connectivity index is 1.54. The number of ether oxygens (including phenoxy) is 1. The van der Waals surface area contributed by atoms with Crippen LogP contribution in [0.1, 0.15) is 27.0 Å². The molecule has 4 rings (SSSR count). The molecule has 0 unspecified atom stereocenters. The van der Waals surface area contributed by atoms with Gasteiger partial charge in [-0.05, 0) is 67.1 Å². The fourth-order valence-electron chi connectivity index (χ4n) is 3.21. The van der Waals surface area contributed by atoms with Gasteiger partial charge >= 0.3 is 0 Å². The van der Waals surface area contributed by atoms with Crippen molar-refractivity contribution in [2.45, 2.75) is 16.7 Å². The second-order valence-corrected chi connectivity index (χ2v) is 8.29. The molecule has 3 aromatic carbocycles. The van der Waals surface area contributed by atoms with Crippen LogP contribution < -0.4 is 10.1 Å².